The molecule has 4 saturated carbocycles. The smallest absolute Gasteiger partial charge is 0.233 e. The Morgan fingerprint density at radius 2 is 1.89 bits per heavy atom. The minimum atomic E-state index is -0.271. The van der Waals surface area contributed by atoms with Crippen LogP contribution in [0.25, 0.3) is 0 Å². The molecule has 5 nitrogen and oxygen atoms in total. The van der Waals surface area contributed by atoms with Gasteiger partial charge in [0.15, 0.2) is 0 Å². The van der Waals surface area contributed by atoms with E-state index in [4.69, 9.17) is 5.73 Å². The topological polar surface area (TPSA) is 95.6 Å². The van der Waals surface area contributed by atoms with Crippen molar-refractivity contribution in [1.29, 1.82) is 0 Å². The molecule has 0 aromatic rings. The van der Waals surface area contributed by atoms with E-state index in [1.165, 1.54) is 19.3 Å². The fourth-order valence-corrected chi connectivity index (χ4v) is 8.63. The summed E-state index contributed by atoms with van der Waals surface area (Å²) in [6.45, 7) is 6.93. The number of aliphatic hydroxyl groups is 2. The molecule has 160 valence electrons. The second-order valence-electron chi connectivity index (χ2n) is 11.0. The second kappa shape index (κ2) is 7.24. The third-order valence-corrected chi connectivity index (χ3v) is 9.82. The van der Waals surface area contributed by atoms with Crippen LogP contribution in [0.5, 0.6) is 0 Å². The number of fused-ring (bicyclic) bond motifs is 5. The number of nitrogens with two attached hydrogens (primary N) is 1. The third kappa shape index (κ3) is 3.04. The van der Waals surface area contributed by atoms with Crippen LogP contribution in [-0.2, 0) is 4.79 Å². The summed E-state index contributed by atoms with van der Waals surface area (Å²) in [4.78, 5) is 11.9. The van der Waals surface area contributed by atoms with E-state index in [-0.39, 0.29) is 41.5 Å². The minimum absolute atomic E-state index is 0.0378. The highest BCUT2D eigenvalue weighted by Gasteiger charge is 2.63. The molecule has 1 amide bonds. The van der Waals surface area contributed by atoms with E-state index in [9.17, 15) is 15.0 Å². The van der Waals surface area contributed by atoms with Gasteiger partial charge in [-0.05, 0) is 98.7 Å². The van der Waals surface area contributed by atoms with Crippen molar-refractivity contribution in [3.63, 3.8) is 0 Å². The monoisotopic (exact) mass is 392 g/mol. The van der Waals surface area contributed by atoms with E-state index in [1.807, 2.05) is 0 Å². The Morgan fingerprint density at radius 3 is 2.61 bits per heavy atom. The largest absolute Gasteiger partial charge is 0.393 e. The SMILES string of the molecule is C[C@H](NC(=O)CN)[C@H]1CCC2C3CCC4C[C@@H](O)CC[C@]4(C)C3C(O)C[C@@]21C. The van der Waals surface area contributed by atoms with Gasteiger partial charge in [0.2, 0.25) is 5.91 Å². The van der Waals surface area contributed by atoms with Gasteiger partial charge in [0.25, 0.3) is 0 Å². The summed E-state index contributed by atoms with van der Waals surface area (Å²) in [5.74, 6) is 2.45. The number of nitrogens with one attached hydrogen (secondary N) is 1. The van der Waals surface area contributed by atoms with E-state index in [0.29, 0.717) is 29.6 Å². The Balaban J connectivity index is 1.58. The molecule has 5 unspecified atom stereocenters. The predicted octanol–water partition coefficient (Wildman–Crippen LogP) is 2.44. The lowest BCUT2D eigenvalue weighted by Crippen LogP contribution is -2.60. The molecule has 0 spiro atoms. The Bertz CT molecular complexity index is 613. The highest BCUT2D eigenvalue weighted by molar-refractivity contribution is 5.78. The maximum Gasteiger partial charge on any atom is 0.233 e. The molecule has 4 rings (SSSR count). The van der Waals surface area contributed by atoms with Crippen LogP contribution in [0, 0.1) is 40.4 Å². The van der Waals surface area contributed by atoms with Crippen LogP contribution in [-0.4, -0.2) is 40.9 Å². The predicted molar refractivity (Wildman–Crippen MR) is 109 cm³/mol. The van der Waals surface area contributed by atoms with Crippen molar-refractivity contribution in [3.8, 4) is 0 Å². The lowest BCUT2D eigenvalue weighted by molar-refractivity contribution is -0.178. The summed E-state index contributed by atoms with van der Waals surface area (Å²) in [5, 5.41) is 24.7. The van der Waals surface area contributed by atoms with E-state index in [2.05, 4.69) is 26.1 Å². The summed E-state index contributed by atoms with van der Waals surface area (Å²) < 4.78 is 0. The molecule has 0 bridgehead atoms. The summed E-state index contributed by atoms with van der Waals surface area (Å²) in [6, 6.07) is 0.103. The minimum Gasteiger partial charge on any atom is -0.393 e. The molecule has 0 aliphatic heterocycles. The first-order chi connectivity index (χ1) is 13.2. The van der Waals surface area contributed by atoms with Gasteiger partial charge in [0.05, 0.1) is 18.8 Å². The van der Waals surface area contributed by atoms with E-state index < -0.39 is 0 Å². The zero-order valence-electron chi connectivity index (χ0n) is 17.9. The van der Waals surface area contributed by atoms with Gasteiger partial charge in [0, 0.05) is 6.04 Å². The van der Waals surface area contributed by atoms with Gasteiger partial charge in [-0.1, -0.05) is 13.8 Å². The van der Waals surface area contributed by atoms with Gasteiger partial charge >= 0.3 is 0 Å². The van der Waals surface area contributed by atoms with Gasteiger partial charge in [0.1, 0.15) is 0 Å². The fraction of sp³-hybridized carbons (Fsp3) is 0.957. The Morgan fingerprint density at radius 1 is 1.14 bits per heavy atom. The van der Waals surface area contributed by atoms with Gasteiger partial charge in [-0.25, -0.2) is 0 Å². The number of rotatable bonds is 3. The van der Waals surface area contributed by atoms with E-state index >= 15 is 0 Å². The molecule has 0 saturated heterocycles. The summed E-state index contributed by atoms with van der Waals surface area (Å²) in [6.07, 6.45) is 7.99. The van der Waals surface area contributed by atoms with Crippen molar-refractivity contribution in [2.24, 2.45) is 46.2 Å². The highest BCUT2D eigenvalue weighted by atomic mass is 16.3. The zero-order valence-corrected chi connectivity index (χ0v) is 17.9. The molecule has 10 atom stereocenters. The molecule has 0 aromatic heterocycles. The van der Waals surface area contributed by atoms with Gasteiger partial charge in [-0.15, -0.1) is 0 Å². The standard InChI is InChI=1S/C23H40N2O3/c1-13(25-20(28)12-24)17-6-7-18-16-5-4-14-10-15(26)8-9-22(14,2)21(16)19(27)11-23(17,18)3/h13-19,21,26-27H,4-12,24H2,1-3H3,(H,25,28)/t13-,14?,15-,16?,17+,18?,19?,21?,22-,23+/m0/s1. The van der Waals surface area contributed by atoms with Crippen LogP contribution in [0.4, 0.5) is 0 Å². The van der Waals surface area contributed by atoms with Crippen molar-refractivity contribution >= 4 is 5.91 Å². The van der Waals surface area contributed by atoms with Crippen molar-refractivity contribution in [1.82, 2.24) is 5.32 Å². The molecule has 5 heteroatoms. The maximum atomic E-state index is 11.9. The molecule has 4 aliphatic rings. The summed E-state index contributed by atoms with van der Waals surface area (Å²) >= 11 is 0. The van der Waals surface area contributed by atoms with Crippen LogP contribution in [0.2, 0.25) is 0 Å². The summed E-state index contributed by atoms with van der Waals surface area (Å²) in [7, 11) is 0. The van der Waals surface area contributed by atoms with Crippen molar-refractivity contribution < 1.29 is 15.0 Å². The van der Waals surface area contributed by atoms with Crippen LogP contribution in [0.15, 0.2) is 0 Å². The second-order valence-corrected chi connectivity index (χ2v) is 11.0. The average Bonchev–Trinajstić information content (AvgIpc) is 2.98. The third-order valence-electron chi connectivity index (χ3n) is 9.82. The first-order valence-corrected chi connectivity index (χ1v) is 11.6. The molecule has 0 aromatic carbocycles. The average molecular weight is 393 g/mol. The first kappa shape index (κ1) is 20.6. The number of carbonyl (C=O) groups excluding carboxylic acids is 1. The lowest BCUT2D eigenvalue weighted by Gasteiger charge is -2.62. The van der Waals surface area contributed by atoms with Crippen molar-refractivity contribution in [2.75, 3.05) is 6.54 Å². The molecular weight excluding hydrogens is 352 g/mol. The quantitative estimate of drug-likeness (QED) is 0.593. The first-order valence-electron chi connectivity index (χ1n) is 11.6. The molecule has 28 heavy (non-hydrogen) atoms. The number of hydrogen-bond donors (Lipinski definition) is 4. The molecule has 4 fully saturated rings. The number of amides is 1. The normalized spacial score (nSPS) is 51.6. The Hall–Kier alpha value is -0.650. The number of carbonyl (C=O) groups is 1. The highest BCUT2D eigenvalue weighted by Crippen LogP contribution is 2.67. The molecule has 0 heterocycles. The van der Waals surface area contributed by atoms with Crippen molar-refractivity contribution in [2.45, 2.75) is 90.4 Å². The fourth-order valence-electron chi connectivity index (χ4n) is 8.63. The van der Waals surface area contributed by atoms with Crippen LogP contribution in [0.1, 0.15) is 72.1 Å². The molecule has 0 radical (unpaired) electrons. The Labute approximate surface area is 169 Å². The lowest BCUT2D eigenvalue weighted by atomic mass is 9.43. The summed E-state index contributed by atoms with van der Waals surface area (Å²) in [5.41, 5.74) is 5.76. The number of aliphatic hydroxyl groups excluding tert-OH is 2. The van der Waals surface area contributed by atoms with E-state index in [0.717, 1.165) is 32.1 Å². The zero-order chi connectivity index (χ0) is 20.3. The van der Waals surface area contributed by atoms with E-state index in [1.54, 1.807) is 0 Å². The Kier molecular flexibility index (Phi) is 5.33. The van der Waals surface area contributed by atoms with Gasteiger partial charge in [-0.3, -0.25) is 4.79 Å². The molecule has 5 N–H and O–H groups in total. The molecule has 4 aliphatic carbocycles. The van der Waals surface area contributed by atoms with Crippen LogP contribution >= 0.6 is 0 Å². The molecular formula is C23H40N2O3. The van der Waals surface area contributed by atoms with Crippen LogP contribution < -0.4 is 11.1 Å². The number of hydrogen-bond acceptors (Lipinski definition) is 4. The van der Waals surface area contributed by atoms with Crippen LogP contribution in [0.3, 0.4) is 0 Å². The van der Waals surface area contributed by atoms with Gasteiger partial charge < -0.3 is 21.3 Å². The maximum absolute atomic E-state index is 11.9. The van der Waals surface area contributed by atoms with Gasteiger partial charge in [-0.2, -0.15) is 0 Å². The van der Waals surface area contributed by atoms with Crippen molar-refractivity contribution in [3.05, 3.63) is 0 Å².